The molecule has 0 spiro atoms. The SMILES string of the molecule is C=CC(=O)N1CCc2nc(C(C)C)ncc2C1. The van der Waals surface area contributed by atoms with Crippen molar-refractivity contribution in [2.45, 2.75) is 32.7 Å². The van der Waals surface area contributed by atoms with Gasteiger partial charge in [0.1, 0.15) is 5.82 Å². The smallest absolute Gasteiger partial charge is 0.246 e. The summed E-state index contributed by atoms with van der Waals surface area (Å²) in [5.41, 5.74) is 2.13. The van der Waals surface area contributed by atoms with Crippen molar-refractivity contribution in [3.05, 3.63) is 35.9 Å². The van der Waals surface area contributed by atoms with E-state index in [1.807, 2.05) is 6.20 Å². The first-order valence-corrected chi connectivity index (χ1v) is 5.88. The van der Waals surface area contributed by atoms with Gasteiger partial charge in [-0.15, -0.1) is 0 Å². The van der Waals surface area contributed by atoms with E-state index in [0.29, 0.717) is 19.0 Å². The predicted molar refractivity (Wildman–Crippen MR) is 65.4 cm³/mol. The molecule has 1 aliphatic heterocycles. The van der Waals surface area contributed by atoms with Gasteiger partial charge >= 0.3 is 0 Å². The molecule has 0 radical (unpaired) electrons. The van der Waals surface area contributed by atoms with E-state index < -0.39 is 0 Å². The maximum absolute atomic E-state index is 11.5. The lowest BCUT2D eigenvalue weighted by Gasteiger charge is -2.27. The third kappa shape index (κ3) is 2.35. The van der Waals surface area contributed by atoms with Crippen LogP contribution in [-0.4, -0.2) is 27.3 Å². The molecule has 0 aliphatic carbocycles. The van der Waals surface area contributed by atoms with Crippen molar-refractivity contribution in [2.24, 2.45) is 0 Å². The van der Waals surface area contributed by atoms with Crippen molar-refractivity contribution in [3.8, 4) is 0 Å². The molecule has 0 aromatic carbocycles. The number of aromatic nitrogens is 2. The molecule has 0 bridgehead atoms. The first kappa shape index (κ1) is 11.8. The van der Waals surface area contributed by atoms with E-state index in [0.717, 1.165) is 23.5 Å². The van der Waals surface area contributed by atoms with Crippen LogP contribution in [0.25, 0.3) is 0 Å². The third-order valence-corrected chi connectivity index (χ3v) is 2.96. The quantitative estimate of drug-likeness (QED) is 0.727. The number of hydrogen-bond donors (Lipinski definition) is 0. The van der Waals surface area contributed by atoms with Gasteiger partial charge in [0.15, 0.2) is 0 Å². The molecule has 90 valence electrons. The fraction of sp³-hybridized carbons (Fsp3) is 0.462. The van der Waals surface area contributed by atoms with E-state index in [4.69, 9.17) is 0 Å². The van der Waals surface area contributed by atoms with E-state index in [-0.39, 0.29) is 5.91 Å². The van der Waals surface area contributed by atoms with Gasteiger partial charge in [0.2, 0.25) is 5.91 Å². The topological polar surface area (TPSA) is 46.1 Å². The van der Waals surface area contributed by atoms with Gasteiger partial charge in [0.05, 0.1) is 5.69 Å². The molecule has 4 heteroatoms. The normalized spacial score (nSPS) is 14.6. The highest BCUT2D eigenvalue weighted by atomic mass is 16.2. The Morgan fingerprint density at radius 1 is 1.59 bits per heavy atom. The van der Waals surface area contributed by atoms with Gasteiger partial charge in [-0.05, 0) is 6.08 Å². The number of carbonyl (C=O) groups excluding carboxylic acids is 1. The lowest BCUT2D eigenvalue weighted by atomic mass is 10.1. The van der Waals surface area contributed by atoms with E-state index in [2.05, 4.69) is 30.4 Å². The largest absolute Gasteiger partial charge is 0.334 e. The average molecular weight is 231 g/mol. The van der Waals surface area contributed by atoms with Gasteiger partial charge < -0.3 is 4.90 Å². The Morgan fingerprint density at radius 2 is 2.35 bits per heavy atom. The van der Waals surface area contributed by atoms with Crippen molar-refractivity contribution in [1.29, 1.82) is 0 Å². The number of carbonyl (C=O) groups is 1. The second kappa shape index (κ2) is 4.65. The molecule has 2 heterocycles. The highest BCUT2D eigenvalue weighted by Crippen LogP contribution is 2.18. The monoisotopic (exact) mass is 231 g/mol. The molecule has 0 unspecified atom stereocenters. The lowest BCUT2D eigenvalue weighted by molar-refractivity contribution is -0.126. The maximum Gasteiger partial charge on any atom is 0.246 e. The Balaban J connectivity index is 2.23. The Bertz CT molecular complexity index is 454. The van der Waals surface area contributed by atoms with Crippen molar-refractivity contribution in [2.75, 3.05) is 6.54 Å². The summed E-state index contributed by atoms with van der Waals surface area (Å²) in [6.07, 6.45) is 4.01. The lowest BCUT2D eigenvalue weighted by Crippen LogP contribution is -2.35. The average Bonchev–Trinajstić information content (AvgIpc) is 2.36. The Labute approximate surface area is 101 Å². The molecule has 0 N–H and O–H groups in total. The van der Waals surface area contributed by atoms with Crippen LogP contribution in [0.4, 0.5) is 0 Å². The van der Waals surface area contributed by atoms with Crippen LogP contribution in [0.5, 0.6) is 0 Å². The molecule has 4 nitrogen and oxygen atoms in total. The first-order chi connectivity index (χ1) is 8.11. The van der Waals surface area contributed by atoms with E-state index in [9.17, 15) is 4.79 Å². The van der Waals surface area contributed by atoms with E-state index >= 15 is 0 Å². The van der Waals surface area contributed by atoms with Gasteiger partial charge in [-0.2, -0.15) is 0 Å². The predicted octanol–water partition coefficient (Wildman–Crippen LogP) is 1.67. The minimum absolute atomic E-state index is 0.0245. The summed E-state index contributed by atoms with van der Waals surface area (Å²) in [4.78, 5) is 22.2. The van der Waals surface area contributed by atoms with Crippen LogP contribution in [0.3, 0.4) is 0 Å². The van der Waals surface area contributed by atoms with Gasteiger partial charge in [-0.25, -0.2) is 9.97 Å². The molecule has 2 rings (SSSR count). The Kier molecular flexibility index (Phi) is 3.22. The summed E-state index contributed by atoms with van der Waals surface area (Å²) in [5.74, 6) is 1.20. The minimum atomic E-state index is -0.0245. The van der Waals surface area contributed by atoms with Crippen LogP contribution < -0.4 is 0 Å². The number of rotatable bonds is 2. The fourth-order valence-corrected chi connectivity index (χ4v) is 1.93. The summed E-state index contributed by atoms with van der Waals surface area (Å²) in [6, 6.07) is 0. The summed E-state index contributed by atoms with van der Waals surface area (Å²) >= 11 is 0. The molecule has 1 aromatic rings. The Hall–Kier alpha value is -1.71. The van der Waals surface area contributed by atoms with Gasteiger partial charge in [-0.1, -0.05) is 20.4 Å². The van der Waals surface area contributed by atoms with Crippen molar-refractivity contribution in [3.63, 3.8) is 0 Å². The third-order valence-electron chi connectivity index (χ3n) is 2.96. The number of nitrogens with zero attached hydrogens (tertiary/aromatic N) is 3. The van der Waals surface area contributed by atoms with Gasteiger partial charge in [0, 0.05) is 37.2 Å². The second-order valence-corrected chi connectivity index (χ2v) is 4.57. The molecular weight excluding hydrogens is 214 g/mol. The zero-order chi connectivity index (χ0) is 12.4. The zero-order valence-electron chi connectivity index (χ0n) is 10.3. The van der Waals surface area contributed by atoms with Crippen LogP contribution in [0, 0.1) is 0 Å². The molecule has 0 atom stereocenters. The van der Waals surface area contributed by atoms with Gasteiger partial charge in [-0.3, -0.25) is 4.79 Å². The van der Waals surface area contributed by atoms with Crippen LogP contribution in [0.15, 0.2) is 18.9 Å². The molecule has 0 saturated heterocycles. The summed E-state index contributed by atoms with van der Waals surface area (Å²) in [7, 11) is 0. The molecule has 1 amide bonds. The molecular formula is C13H17N3O. The highest BCUT2D eigenvalue weighted by Gasteiger charge is 2.20. The van der Waals surface area contributed by atoms with Crippen LogP contribution in [0.1, 0.15) is 36.8 Å². The Morgan fingerprint density at radius 3 is 3.00 bits per heavy atom. The summed E-state index contributed by atoms with van der Waals surface area (Å²) in [6.45, 7) is 8.98. The van der Waals surface area contributed by atoms with Crippen LogP contribution >= 0.6 is 0 Å². The summed E-state index contributed by atoms with van der Waals surface area (Å²) in [5, 5.41) is 0. The molecule has 17 heavy (non-hydrogen) atoms. The summed E-state index contributed by atoms with van der Waals surface area (Å²) < 4.78 is 0. The molecule has 0 fully saturated rings. The number of fused-ring (bicyclic) bond motifs is 1. The van der Waals surface area contributed by atoms with E-state index in [1.54, 1.807) is 4.90 Å². The maximum atomic E-state index is 11.5. The van der Waals surface area contributed by atoms with Crippen molar-refractivity contribution >= 4 is 5.91 Å². The van der Waals surface area contributed by atoms with Crippen LogP contribution in [-0.2, 0) is 17.8 Å². The van der Waals surface area contributed by atoms with Crippen molar-refractivity contribution in [1.82, 2.24) is 14.9 Å². The first-order valence-electron chi connectivity index (χ1n) is 5.88. The minimum Gasteiger partial charge on any atom is -0.334 e. The number of amides is 1. The van der Waals surface area contributed by atoms with Gasteiger partial charge in [0.25, 0.3) is 0 Å². The van der Waals surface area contributed by atoms with Crippen molar-refractivity contribution < 1.29 is 4.79 Å². The van der Waals surface area contributed by atoms with E-state index in [1.165, 1.54) is 6.08 Å². The number of hydrogen-bond acceptors (Lipinski definition) is 3. The zero-order valence-corrected chi connectivity index (χ0v) is 10.3. The molecule has 1 aromatic heterocycles. The standard InChI is InChI=1S/C13H17N3O/c1-4-12(17)16-6-5-11-10(8-16)7-14-13(15-11)9(2)3/h4,7,9H,1,5-6,8H2,2-3H3. The molecule has 0 saturated carbocycles. The van der Waals surface area contributed by atoms with Crippen LogP contribution in [0.2, 0.25) is 0 Å². The molecule has 1 aliphatic rings. The fourth-order valence-electron chi connectivity index (χ4n) is 1.93. The highest BCUT2D eigenvalue weighted by molar-refractivity contribution is 5.87. The second-order valence-electron chi connectivity index (χ2n) is 4.57.